The van der Waals surface area contributed by atoms with Gasteiger partial charge in [0.15, 0.2) is 0 Å². The molecule has 2 rings (SSSR count). The number of nitrogens with zero attached hydrogens (tertiary/aromatic N) is 1. The summed E-state index contributed by atoms with van der Waals surface area (Å²) in [6.07, 6.45) is 0.658. The fraction of sp³-hybridized carbons (Fsp3) is 0.778. The average molecular weight is 214 g/mol. The zero-order chi connectivity index (χ0) is 10.9. The maximum Gasteiger partial charge on any atom is 0.409 e. The van der Waals surface area contributed by atoms with Gasteiger partial charge in [-0.15, -0.1) is 0 Å². The van der Waals surface area contributed by atoms with Crippen LogP contribution < -0.4 is 5.32 Å². The molecule has 0 aromatic carbocycles. The van der Waals surface area contributed by atoms with Crippen molar-refractivity contribution in [3.8, 4) is 0 Å². The first kappa shape index (κ1) is 10.1. The molecule has 6 heteroatoms. The number of alkyl carbamates (subject to hydrolysis) is 1. The molecule has 0 bridgehead atoms. The molecule has 84 valence electrons. The summed E-state index contributed by atoms with van der Waals surface area (Å²) in [5.41, 5.74) is -0.401. The molecule has 1 spiro atoms. The van der Waals surface area contributed by atoms with Gasteiger partial charge < -0.3 is 19.7 Å². The first-order chi connectivity index (χ1) is 7.15. The predicted molar refractivity (Wildman–Crippen MR) is 50.4 cm³/mol. The maximum atomic E-state index is 11.2. The molecule has 0 radical (unpaired) electrons. The van der Waals surface area contributed by atoms with E-state index in [1.165, 1.54) is 7.11 Å². The smallest absolute Gasteiger partial charge is 0.409 e. The number of amides is 2. The standard InChI is InChI=1S/C9H14N2O4/c1-14-8(13)11-4-2-9(3-5-11)6-10-7(12)15-9/h2-6H2,1H3,(H,10,12). The first-order valence-corrected chi connectivity index (χ1v) is 4.95. The quantitative estimate of drug-likeness (QED) is 0.631. The molecule has 0 aromatic heterocycles. The van der Waals surface area contributed by atoms with Crippen molar-refractivity contribution in [3.05, 3.63) is 0 Å². The highest BCUT2D eigenvalue weighted by molar-refractivity contribution is 5.70. The topological polar surface area (TPSA) is 67.9 Å². The second-order valence-corrected chi connectivity index (χ2v) is 3.88. The Morgan fingerprint density at radius 2 is 2.20 bits per heavy atom. The van der Waals surface area contributed by atoms with Crippen molar-refractivity contribution in [1.29, 1.82) is 0 Å². The third-order valence-electron chi connectivity index (χ3n) is 2.97. The van der Waals surface area contributed by atoms with Crippen molar-refractivity contribution in [2.75, 3.05) is 26.7 Å². The van der Waals surface area contributed by atoms with Crippen molar-refractivity contribution in [1.82, 2.24) is 10.2 Å². The van der Waals surface area contributed by atoms with Crippen LogP contribution in [0.1, 0.15) is 12.8 Å². The minimum atomic E-state index is -0.401. The van der Waals surface area contributed by atoms with Crippen LogP contribution >= 0.6 is 0 Å². The highest BCUT2D eigenvalue weighted by Crippen LogP contribution is 2.29. The van der Waals surface area contributed by atoms with Gasteiger partial charge in [0.2, 0.25) is 0 Å². The van der Waals surface area contributed by atoms with Gasteiger partial charge in [0.25, 0.3) is 0 Å². The number of rotatable bonds is 0. The first-order valence-electron chi connectivity index (χ1n) is 4.95. The molecule has 2 heterocycles. The predicted octanol–water partition coefficient (Wildman–Crippen LogP) is 0.327. The Labute approximate surface area is 87.5 Å². The van der Waals surface area contributed by atoms with Gasteiger partial charge in [0.1, 0.15) is 5.60 Å². The molecule has 0 aliphatic carbocycles. The Morgan fingerprint density at radius 3 is 2.67 bits per heavy atom. The van der Waals surface area contributed by atoms with E-state index in [9.17, 15) is 9.59 Å². The van der Waals surface area contributed by atoms with Gasteiger partial charge in [-0.1, -0.05) is 0 Å². The van der Waals surface area contributed by atoms with Crippen LogP contribution in [0.15, 0.2) is 0 Å². The minimum absolute atomic E-state index is 0.317. The SMILES string of the molecule is COC(=O)N1CCC2(CC1)CNC(=O)O2. The Bertz CT molecular complexity index is 284. The van der Waals surface area contributed by atoms with Crippen molar-refractivity contribution in [2.45, 2.75) is 18.4 Å². The molecule has 2 saturated heterocycles. The Morgan fingerprint density at radius 1 is 1.53 bits per heavy atom. The number of ether oxygens (including phenoxy) is 2. The number of nitrogens with one attached hydrogen (secondary N) is 1. The second kappa shape index (κ2) is 3.60. The van der Waals surface area contributed by atoms with E-state index >= 15 is 0 Å². The fourth-order valence-corrected chi connectivity index (χ4v) is 2.01. The van der Waals surface area contributed by atoms with Crippen LogP contribution in [0.4, 0.5) is 9.59 Å². The van der Waals surface area contributed by atoms with Crippen LogP contribution in [-0.4, -0.2) is 49.4 Å². The van der Waals surface area contributed by atoms with Crippen molar-refractivity contribution in [2.24, 2.45) is 0 Å². The van der Waals surface area contributed by atoms with Crippen LogP contribution in [0.2, 0.25) is 0 Å². The molecule has 0 aromatic rings. The van der Waals surface area contributed by atoms with E-state index in [2.05, 4.69) is 10.1 Å². The number of carbonyl (C=O) groups is 2. The van der Waals surface area contributed by atoms with Crippen molar-refractivity contribution in [3.63, 3.8) is 0 Å². The van der Waals surface area contributed by atoms with Gasteiger partial charge in [-0.25, -0.2) is 9.59 Å². The largest absolute Gasteiger partial charge is 0.453 e. The highest BCUT2D eigenvalue weighted by Gasteiger charge is 2.43. The maximum absolute atomic E-state index is 11.2. The summed E-state index contributed by atoms with van der Waals surface area (Å²) in [6, 6.07) is 0. The number of hydrogen-bond donors (Lipinski definition) is 1. The summed E-state index contributed by atoms with van der Waals surface area (Å²) in [5, 5.41) is 2.64. The Hall–Kier alpha value is -1.46. The summed E-state index contributed by atoms with van der Waals surface area (Å²) in [7, 11) is 1.36. The van der Waals surface area contributed by atoms with Crippen LogP contribution in [0, 0.1) is 0 Å². The normalized spacial score (nSPS) is 23.5. The number of carbonyl (C=O) groups excluding carboxylic acids is 2. The van der Waals surface area contributed by atoms with Crippen molar-refractivity contribution >= 4 is 12.2 Å². The molecule has 6 nitrogen and oxygen atoms in total. The summed E-state index contributed by atoms with van der Waals surface area (Å²) in [5.74, 6) is 0. The molecule has 0 unspecified atom stereocenters. The van der Waals surface area contributed by atoms with E-state index in [1.807, 2.05) is 0 Å². The zero-order valence-corrected chi connectivity index (χ0v) is 8.62. The highest BCUT2D eigenvalue weighted by atomic mass is 16.6. The Kier molecular flexibility index (Phi) is 2.42. The van der Waals surface area contributed by atoms with E-state index in [0.717, 1.165) is 0 Å². The van der Waals surface area contributed by atoms with Gasteiger partial charge in [-0.05, 0) is 0 Å². The molecular formula is C9H14N2O4. The van der Waals surface area contributed by atoms with Gasteiger partial charge in [-0.2, -0.15) is 0 Å². The van der Waals surface area contributed by atoms with E-state index in [4.69, 9.17) is 4.74 Å². The van der Waals surface area contributed by atoms with Crippen LogP contribution in [-0.2, 0) is 9.47 Å². The van der Waals surface area contributed by atoms with E-state index < -0.39 is 5.60 Å². The lowest BCUT2D eigenvalue weighted by Gasteiger charge is -2.36. The van der Waals surface area contributed by atoms with E-state index in [1.54, 1.807) is 4.90 Å². The van der Waals surface area contributed by atoms with Gasteiger partial charge in [-0.3, -0.25) is 0 Å². The number of piperidine rings is 1. The fourth-order valence-electron chi connectivity index (χ4n) is 2.01. The van der Waals surface area contributed by atoms with Crippen molar-refractivity contribution < 1.29 is 19.1 Å². The van der Waals surface area contributed by atoms with Crippen LogP contribution in [0.3, 0.4) is 0 Å². The van der Waals surface area contributed by atoms with Gasteiger partial charge in [0.05, 0.1) is 13.7 Å². The summed E-state index contributed by atoms with van der Waals surface area (Å²) in [4.78, 5) is 23.8. The molecule has 2 amide bonds. The molecular weight excluding hydrogens is 200 g/mol. The lowest BCUT2D eigenvalue weighted by molar-refractivity contribution is 0.00227. The summed E-state index contributed by atoms with van der Waals surface area (Å²) >= 11 is 0. The summed E-state index contributed by atoms with van der Waals surface area (Å²) in [6.45, 7) is 1.68. The third kappa shape index (κ3) is 1.84. The molecule has 2 aliphatic heterocycles. The molecule has 15 heavy (non-hydrogen) atoms. The zero-order valence-electron chi connectivity index (χ0n) is 8.62. The molecule has 0 saturated carbocycles. The van der Waals surface area contributed by atoms with Crippen LogP contribution in [0.25, 0.3) is 0 Å². The molecule has 2 aliphatic rings. The molecule has 0 atom stereocenters. The minimum Gasteiger partial charge on any atom is -0.453 e. The summed E-state index contributed by atoms with van der Waals surface area (Å²) < 4.78 is 9.85. The monoisotopic (exact) mass is 214 g/mol. The van der Waals surface area contributed by atoms with E-state index in [-0.39, 0.29) is 12.2 Å². The number of methoxy groups -OCH3 is 1. The third-order valence-corrected chi connectivity index (χ3v) is 2.97. The number of hydrogen-bond acceptors (Lipinski definition) is 4. The molecule has 1 N–H and O–H groups in total. The van der Waals surface area contributed by atoms with Gasteiger partial charge in [0, 0.05) is 25.9 Å². The van der Waals surface area contributed by atoms with E-state index in [0.29, 0.717) is 32.5 Å². The lowest BCUT2D eigenvalue weighted by atomic mass is 9.92. The number of likely N-dealkylation sites (tertiary alicyclic amines) is 1. The average Bonchev–Trinajstić information content (AvgIpc) is 2.60. The Balaban J connectivity index is 1.92. The van der Waals surface area contributed by atoms with Gasteiger partial charge >= 0.3 is 12.2 Å². The molecule has 2 fully saturated rings. The lowest BCUT2D eigenvalue weighted by Crippen LogP contribution is -2.48. The van der Waals surface area contributed by atoms with Crippen LogP contribution in [0.5, 0.6) is 0 Å². The second-order valence-electron chi connectivity index (χ2n) is 3.88.